The smallest absolute Gasteiger partial charge is 0.144 e. The third-order valence-corrected chi connectivity index (χ3v) is 4.07. The number of hydrogen-bond acceptors (Lipinski definition) is 4. The summed E-state index contributed by atoms with van der Waals surface area (Å²) in [6, 6.07) is 1.91. The number of hydrogen-bond donors (Lipinski definition) is 2. The van der Waals surface area contributed by atoms with E-state index in [-0.39, 0.29) is 0 Å². The monoisotopic (exact) mass is 248 g/mol. The maximum Gasteiger partial charge on any atom is 0.144 e. The Labute approximate surface area is 109 Å². The topological polar surface area (TPSA) is 63.8 Å². The summed E-state index contributed by atoms with van der Waals surface area (Å²) in [6.45, 7) is 6.04. The summed E-state index contributed by atoms with van der Waals surface area (Å²) in [4.78, 5) is 8.48. The average molecular weight is 248 g/mol. The second-order valence-corrected chi connectivity index (χ2v) is 5.89. The number of rotatable bonds is 5. The van der Waals surface area contributed by atoms with Crippen LogP contribution in [0.1, 0.15) is 45.4 Å². The molecule has 1 aliphatic rings. The highest BCUT2D eigenvalue weighted by molar-refractivity contribution is 5.33. The van der Waals surface area contributed by atoms with Crippen molar-refractivity contribution >= 4 is 5.82 Å². The van der Waals surface area contributed by atoms with Crippen molar-refractivity contribution in [3.8, 4) is 0 Å². The van der Waals surface area contributed by atoms with E-state index in [1.54, 1.807) is 6.20 Å². The molecule has 1 aromatic rings. The molecular formula is C14H24N4. The minimum absolute atomic E-state index is 0.324. The first-order valence-electron chi connectivity index (χ1n) is 6.88. The molecule has 18 heavy (non-hydrogen) atoms. The molecule has 1 aliphatic carbocycles. The summed E-state index contributed by atoms with van der Waals surface area (Å²) < 4.78 is 0. The lowest BCUT2D eigenvalue weighted by molar-refractivity contribution is 0.234. The number of nitrogens with one attached hydrogen (secondary N) is 1. The number of aromatic nitrogens is 2. The van der Waals surface area contributed by atoms with Gasteiger partial charge in [0.2, 0.25) is 0 Å². The maximum atomic E-state index is 5.55. The van der Waals surface area contributed by atoms with E-state index in [0.717, 1.165) is 18.3 Å². The first-order chi connectivity index (χ1) is 8.62. The minimum Gasteiger partial charge on any atom is -0.369 e. The van der Waals surface area contributed by atoms with Crippen LogP contribution in [0.3, 0.4) is 0 Å². The molecule has 0 aromatic carbocycles. The molecule has 1 fully saturated rings. The van der Waals surface area contributed by atoms with E-state index in [2.05, 4.69) is 29.1 Å². The van der Waals surface area contributed by atoms with Crippen LogP contribution < -0.4 is 11.1 Å². The van der Waals surface area contributed by atoms with Crippen LogP contribution in [0.2, 0.25) is 0 Å². The molecule has 4 nitrogen and oxygen atoms in total. The zero-order valence-corrected chi connectivity index (χ0v) is 11.4. The Morgan fingerprint density at radius 2 is 2.11 bits per heavy atom. The van der Waals surface area contributed by atoms with Gasteiger partial charge in [-0.1, -0.05) is 26.7 Å². The zero-order valence-electron chi connectivity index (χ0n) is 11.4. The third-order valence-electron chi connectivity index (χ3n) is 4.07. The molecule has 4 heteroatoms. The lowest BCUT2D eigenvalue weighted by atomic mass is 9.78. The van der Waals surface area contributed by atoms with E-state index < -0.39 is 0 Å². The molecule has 1 heterocycles. The number of nitrogens with zero attached hydrogens (tertiary/aromatic N) is 2. The van der Waals surface area contributed by atoms with Crippen LogP contribution in [0.4, 0.5) is 5.82 Å². The highest BCUT2D eigenvalue weighted by Crippen LogP contribution is 2.39. The van der Waals surface area contributed by atoms with Crippen LogP contribution in [-0.4, -0.2) is 16.5 Å². The Morgan fingerprint density at radius 3 is 2.78 bits per heavy atom. The van der Waals surface area contributed by atoms with Crippen molar-refractivity contribution in [3.05, 3.63) is 18.1 Å². The minimum atomic E-state index is 0.324. The van der Waals surface area contributed by atoms with E-state index in [1.807, 2.05) is 6.07 Å². The summed E-state index contributed by atoms with van der Waals surface area (Å²) in [5.41, 5.74) is 5.87. The van der Waals surface area contributed by atoms with Gasteiger partial charge in [0.05, 0.1) is 6.54 Å². The Balaban J connectivity index is 1.93. The van der Waals surface area contributed by atoms with E-state index in [0.29, 0.717) is 17.8 Å². The van der Waals surface area contributed by atoms with Crippen molar-refractivity contribution in [1.29, 1.82) is 0 Å². The van der Waals surface area contributed by atoms with Crippen molar-refractivity contribution in [3.63, 3.8) is 0 Å². The normalized spacial score (nSPS) is 17.1. The standard InChI is InChI=1S/C14H24N4/c1-14(2,11-5-3-4-6-11)10-17-12-7-8-16-13(9-15)18-12/h7-8,11H,3-6,9-10,15H2,1-2H3,(H,16,17,18). The van der Waals surface area contributed by atoms with Crippen molar-refractivity contribution in [2.45, 2.75) is 46.1 Å². The predicted octanol–water partition coefficient (Wildman–Crippen LogP) is 2.56. The SMILES string of the molecule is CC(C)(CNc1ccnc(CN)n1)C1CCCC1. The molecule has 3 N–H and O–H groups in total. The maximum absolute atomic E-state index is 5.55. The molecular weight excluding hydrogens is 224 g/mol. The fourth-order valence-electron chi connectivity index (χ4n) is 2.77. The molecule has 1 aromatic heterocycles. The molecule has 0 unspecified atom stereocenters. The van der Waals surface area contributed by atoms with Gasteiger partial charge in [0, 0.05) is 12.7 Å². The molecule has 0 bridgehead atoms. The summed E-state index contributed by atoms with van der Waals surface area (Å²) in [5, 5.41) is 3.43. The van der Waals surface area contributed by atoms with Crippen molar-refractivity contribution in [2.75, 3.05) is 11.9 Å². The summed E-state index contributed by atoms with van der Waals surface area (Å²) in [5.74, 6) is 2.41. The number of nitrogens with two attached hydrogens (primary N) is 1. The quantitative estimate of drug-likeness (QED) is 0.840. The van der Waals surface area contributed by atoms with E-state index in [4.69, 9.17) is 5.73 Å². The van der Waals surface area contributed by atoms with Gasteiger partial charge in [0.1, 0.15) is 11.6 Å². The Bertz CT molecular complexity index is 383. The molecule has 1 saturated carbocycles. The van der Waals surface area contributed by atoms with Crippen LogP contribution in [0, 0.1) is 11.3 Å². The second-order valence-electron chi connectivity index (χ2n) is 5.89. The first-order valence-corrected chi connectivity index (χ1v) is 6.88. The van der Waals surface area contributed by atoms with E-state index >= 15 is 0 Å². The Hall–Kier alpha value is -1.16. The second kappa shape index (κ2) is 5.65. The zero-order chi connectivity index (χ0) is 13.0. The summed E-state index contributed by atoms with van der Waals surface area (Å²) >= 11 is 0. The molecule has 0 aliphatic heterocycles. The first kappa shape index (κ1) is 13.3. The van der Waals surface area contributed by atoms with Crippen molar-refractivity contribution < 1.29 is 0 Å². The van der Waals surface area contributed by atoms with E-state index in [1.165, 1.54) is 25.7 Å². The Morgan fingerprint density at radius 1 is 1.39 bits per heavy atom. The number of anilines is 1. The third kappa shape index (κ3) is 3.19. The average Bonchev–Trinajstić information content (AvgIpc) is 2.91. The molecule has 0 atom stereocenters. The van der Waals surface area contributed by atoms with Gasteiger partial charge in [-0.15, -0.1) is 0 Å². The van der Waals surface area contributed by atoms with Gasteiger partial charge in [-0.2, -0.15) is 0 Å². The lowest BCUT2D eigenvalue weighted by Gasteiger charge is -2.32. The van der Waals surface area contributed by atoms with Crippen LogP contribution in [0.5, 0.6) is 0 Å². The van der Waals surface area contributed by atoms with Crippen LogP contribution in [0.25, 0.3) is 0 Å². The highest BCUT2D eigenvalue weighted by Gasteiger charge is 2.31. The van der Waals surface area contributed by atoms with Crippen LogP contribution >= 0.6 is 0 Å². The molecule has 0 spiro atoms. The van der Waals surface area contributed by atoms with Crippen LogP contribution in [-0.2, 0) is 6.54 Å². The summed E-state index contributed by atoms with van der Waals surface area (Å²) in [7, 11) is 0. The molecule has 0 amide bonds. The lowest BCUT2D eigenvalue weighted by Crippen LogP contribution is -2.30. The van der Waals surface area contributed by atoms with Crippen molar-refractivity contribution in [2.24, 2.45) is 17.1 Å². The largest absolute Gasteiger partial charge is 0.369 e. The predicted molar refractivity (Wildman–Crippen MR) is 74.2 cm³/mol. The van der Waals surface area contributed by atoms with Gasteiger partial charge in [-0.05, 0) is 30.2 Å². The van der Waals surface area contributed by atoms with Gasteiger partial charge in [0.25, 0.3) is 0 Å². The van der Waals surface area contributed by atoms with Gasteiger partial charge >= 0.3 is 0 Å². The Kier molecular flexibility index (Phi) is 4.17. The van der Waals surface area contributed by atoms with Gasteiger partial charge in [0.15, 0.2) is 0 Å². The fourth-order valence-corrected chi connectivity index (χ4v) is 2.77. The van der Waals surface area contributed by atoms with Crippen molar-refractivity contribution in [1.82, 2.24) is 9.97 Å². The van der Waals surface area contributed by atoms with E-state index in [9.17, 15) is 0 Å². The van der Waals surface area contributed by atoms with Gasteiger partial charge < -0.3 is 11.1 Å². The fraction of sp³-hybridized carbons (Fsp3) is 0.714. The molecule has 0 radical (unpaired) electrons. The van der Waals surface area contributed by atoms with Gasteiger partial charge in [-0.25, -0.2) is 9.97 Å². The molecule has 2 rings (SSSR count). The summed E-state index contributed by atoms with van der Waals surface area (Å²) in [6.07, 6.45) is 7.27. The molecule has 100 valence electrons. The highest BCUT2D eigenvalue weighted by atomic mass is 15.0. The van der Waals surface area contributed by atoms with Gasteiger partial charge in [-0.3, -0.25) is 0 Å². The van der Waals surface area contributed by atoms with Crippen LogP contribution in [0.15, 0.2) is 12.3 Å². The molecule has 0 saturated heterocycles.